The van der Waals surface area contributed by atoms with Gasteiger partial charge in [-0.05, 0) is 73.5 Å². The van der Waals surface area contributed by atoms with Gasteiger partial charge in [-0.2, -0.15) is 0 Å². The minimum atomic E-state index is -0.964. The summed E-state index contributed by atoms with van der Waals surface area (Å²) in [6.45, 7) is 8.73. The number of aliphatic hydroxyl groups excluding tert-OH is 1. The van der Waals surface area contributed by atoms with E-state index in [4.69, 9.17) is 4.74 Å². The Hall–Kier alpha value is -0.610. The van der Waals surface area contributed by atoms with Gasteiger partial charge in [-0.1, -0.05) is 27.2 Å². The molecule has 0 aliphatic heterocycles. The van der Waals surface area contributed by atoms with Crippen molar-refractivity contribution in [3.8, 4) is 0 Å². The average Bonchev–Trinajstić information content (AvgIpc) is 2.76. The molecule has 0 unspecified atom stereocenters. The summed E-state index contributed by atoms with van der Waals surface area (Å²) in [5.41, 5.74) is -0.636. The fourth-order valence-corrected chi connectivity index (χ4v) is 8.22. The first-order chi connectivity index (χ1) is 12.0. The molecule has 0 amide bonds. The van der Waals surface area contributed by atoms with Crippen molar-refractivity contribution in [1.29, 1.82) is 0 Å². The van der Waals surface area contributed by atoms with E-state index in [0.29, 0.717) is 18.3 Å². The summed E-state index contributed by atoms with van der Waals surface area (Å²) in [6, 6.07) is 0. The smallest absolute Gasteiger partial charge is 0.302 e. The van der Waals surface area contributed by atoms with E-state index >= 15 is 0 Å². The number of hydrogen-bond acceptors (Lipinski definition) is 4. The molecule has 0 heterocycles. The molecule has 0 aromatic carbocycles. The highest BCUT2D eigenvalue weighted by atomic mass is 16.5. The molecule has 0 radical (unpaired) electrons. The molecule has 4 heteroatoms. The zero-order valence-corrected chi connectivity index (χ0v) is 16.9. The summed E-state index contributed by atoms with van der Waals surface area (Å²) in [7, 11) is 0. The molecular formula is C22H36O4. The Kier molecular flexibility index (Phi) is 4.11. The minimum absolute atomic E-state index is 0.0832. The molecule has 2 bridgehead atoms. The molecule has 0 aromatic rings. The Bertz CT molecular complexity index is 601. The minimum Gasteiger partial charge on any atom is -0.463 e. The van der Waals surface area contributed by atoms with Crippen LogP contribution in [-0.4, -0.2) is 34.5 Å². The van der Waals surface area contributed by atoms with Crippen LogP contribution in [0.2, 0.25) is 0 Å². The van der Waals surface area contributed by atoms with Gasteiger partial charge in [0, 0.05) is 12.3 Å². The van der Waals surface area contributed by atoms with Crippen LogP contribution in [-0.2, 0) is 9.53 Å². The number of carbonyl (C=O) groups is 1. The lowest BCUT2D eigenvalue weighted by atomic mass is 9.40. The molecule has 26 heavy (non-hydrogen) atoms. The van der Waals surface area contributed by atoms with Gasteiger partial charge in [0.05, 0.1) is 6.10 Å². The maximum absolute atomic E-state index is 11.4. The first-order valence-corrected chi connectivity index (χ1v) is 10.6. The lowest BCUT2D eigenvalue weighted by molar-refractivity contribution is -0.198. The molecule has 4 aliphatic carbocycles. The van der Waals surface area contributed by atoms with E-state index in [0.717, 1.165) is 25.7 Å². The van der Waals surface area contributed by atoms with Crippen LogP contribution in [0.15, 0.2) is 0 Å². The molecule has 4 nitrogen and oxygen atoms in total. The van der Waals surface area contributed by atoms with Crippen LogP contribution in [0.1, 0.15) is 79.1 Å². The summed E-state index contributed by atoms with van der Waals surface area (Å²) in [5, 5.41) is 22.7. The van der Waals surface area contributed by atoms with Gasteiger partial charge in [0.15, 0.2) is 0 Å². The van der Waals surface area contributed by atoms with Gasteiger partial charge in [-0.15, -0.1) is 0 Å². The van der Waals surface area contributed by atoms with Crippen molar-refractivity contribution in [2.24, 2.45) is 34.0 Å². The maximum atomic E-state index is 11.4. The van der Waals surface area contributed by atoms with Crippen LogP contribution in [0.3, 0.4) is 0 Å². The highest BCUT2D eigenvalue weighted by molar-refractivity contribution is 5.66. The first kappa shape index (κ1) is 18.7. The van der Waals surface area contributed by atoms with E-state index in [1.165, 1.54) is 26.2 Å². The van der Waals surface area contributed by atoms with E-state index in [1.807, 2.05) is 0 Å². The summed E-state index contributed by atoms with van der Waals surface area (Å²) < 4.78 is 5.24. The molecule has 4 aliphatic rings. The monoisotopic (exact) mass is 364 g/mol. The Morgan fingerprint density at radius 1 is 1.15 bits per heavy atom. The molecule has 0 aromatic heterocycles. The first-order valence-electron chi connectivity index (χ1n) is 10.6. The summed E-state index contributed by atoms with van der Waals surface area (Å²) in [6.07, 6.45) is 7.82. The van der Waals surface area contributed by atoms with Crippen molar-refractivity contribution in [2.75, 3.05) is 6.61 Å². The molecule has 4 saturated carbocycles. The SMILES string of the molecule is CC(=O)OC[C@@]1(O)C[C@]23C[C@H]1CC[C@H]2[C@]1(C)CCCC(C)(C)[C@H]1C[C@@H]3O. The van der Waals surface area contributed by atoms with E-state index < -0.39 is 5.60 Å². The standard InChI is InChI=1S/C22H36O4/c1-14(23)26-13-22(25)12-21-11-15(22)6-7-16(21)20(4)9-5-8-19(2,3)17(20)10-18(21)24/h15-18,24-25H,5-13H2,1-4H3/t15-,16+,17-,18+,20+,21-,22+/m1/s1. The van der Waals surface area contributed by atoms with E-state index in [1.54, 1.807) is 0 Å². The number of ether oxygens (including phenoxy) is 1. The zero-order valence-electron chi connectivity index (χ0n) is 16.9. The van der Waals surface area contributed by atoms with Gasteiger partial charge in [0.2, 0.25) is 0 Å². The van der Waals surface area contributed by atoms with Gasteiger partial charge in [-0.25, -0.2) is 0 Å². The Balaban J connectivity index is 1.68. The van der Waals surface area contributed by atoms with Crippen molar-refractivity contribution in [2.45, 2.75) is 90.8 Å². The second-order valence-electron chi connectivity index (χ2n) is 11.0. The lowest BCUT2D eigenvalue weighted by Crippen LogP contribution is -2.61. The topological polar surface area (TPSA) is 66.8 Å². The van der Waals surface area contributed by atoms with Crippen LogP contribution in [0, 0.1) is 34.0 Å². The third kappa shape index (κ3) is 2.44. The number of fused-ring (bicyclic) bond motifs is 3. The van der Waals surface area contributed by atoms with Crippen LogP contribution < -0.4 is 0 Å². The predicted molar refractivity (Wildman–Crippen MR) is 99.3 cm³/mol. The van der Waals surface area contributed by atoms with Crippen molar-refractivity contribution in [3.63, 3.8) is 0 Å². The predicted octanol–water partition coefficient (Wildman–Crippen LogP) is 3.68. The van der Waals surface area contributed by atoms with Crippen molar-refractivity contribution in [1.82, 2.24) is 0 Å². The fourth-order valence-electron chi connectivity index (χ4n) is 8.22. The van der Waals surface area contributed by atoms with Crippen LogP contribution in [0.4, 0.5) is 0 Å². The zero-order chi connectivity index (χ0) is 19.0. The molecule has 4 fully saturated rings. The van der Waals surface area contributed by atoms with E-state index in [9.17, 15) is 15.0 Å². The largest absolute Gasteiger partial charge is 0.463 e. The Morgan fingerprint density at radius 3 is 2.58 bits per heavy atom. The molecule has 0 saturated heterocycles. The summed E-state index contributed by atoms with van der Waals surface area (Å²) >= 11 is 0. The second kappa shape index (κ2) is 5.70. The Morgan fingerprint density at radius 2 is 1.88 bits per heavy atom. The fraction of sp³-hybridized carbons (Fsp3) is 0.955. The maximum Gasteiger partial charge on any atom is 0.302 e. The van der Waals surface area contributed by atoms with Crippen LogP contribution >= 0.6 is 0 Å². The van der Waals surface area contributed by atoms with Gasteiger partial charge < -0.3 is 14.9 Å². The van der Waals surface area contributed by atoms with Crippen LogP contribution in [0.25, 0.3) is 0 Å². The molecule has 1 spiro atoms. The second-order valence-corrected chi connectivity index (χ2v) is 11.0. The van der Waals surface area contributed by atoms with Crippen molar-refractivity contribution >= 4 is 5.97 Å². The number of hydrogen-bond donors (Lipinski definition) is 2. The highest BCUT2D eigenvalue weighted by Crippen LogP contribution is 2.72. The number of esters is 1. The Labute approximate surface area is 157 Å². The van der Waals surface area contributed by atoms with Gasteiger partial charge in [0.1, 0.15) is 12.2 Å². The number of carbonyl (C=O) groups excluding carboxylic acids is 1. The molecule has 4 rings (SSSR count). The number of aliphatic hydroxyl groups is 2. The van der Waals surface area contributed by atoms with Crippen molar-refractivity contribution in [3.05, 3.63) is 0 Å². The highest BCUT2D eigenvalue weighted by Gasteiger charge is 2.70. The molecule has 148 valence electrons. The van der Waals surface area contributed by atoms with E-state index in [2.05, 4.69) is 20.8 Å². The lowest BCUT2D eigenvalue weighted by Gasteiger charge is -2.65. The quantitative estimate of drug-likeness (QED) is 0.734. The molecule has 7 atom stereocenters. The normalized spacial score (nSPS) is 52.1. The third-order valence-electron chi connectivity index (χ3n) is 9.24. The van der Waals surface area contributed by atoms with Gasteiger partial charge >= 0.3 is 5.97 Å². The third-order valence-corrected chi connectivity index (χ3v) is 9.24. The number of rotatable bonds is 2. The molecular weight excluding hydrogens is 328 g/mol. The van der Waals surface area contributed by atoms with Gasteiger partial charge in [-0.3, -0.25) is 4.79 Å². The summed E-state index contributed by atoms with van der Waals surface area (Å²) in [4.78, 5) is 11.3. The average molecular weight is 365 g/mol. The van der Waals surface area contributed by atoms with E-state index in [-0.39, 0.29) is 40.8 Å². The summed E-state index contributed by atoms with van der Waals surface area (Å²) in [5.74, 6) is 0.822. The van der Waals surface area contributed by atoms with Crippen molar-refractivity contribution < 1.29 is 19.7 Å². The molecule has 2 N–H and O–H groups in total. The van der Waals surface area contributed by atoms with Gasteiger partial charge in [0.25, 0.3) is 0 Å². The van der Waals surface area contributed by atoms with Crippen LogP contribution in [0.5, 0.6) is 0 Å².